The average molecular weight is 321 g/mol. The van der Waals surface area contributed by atoms with E-state index in [0.717, 1.165) is 16.3 Å². The highest BCUT2D eigenvalue weighted by Crippen LogP contribution is 2.25. The summed E-state index contributed by atoms with van der Waals surface area (Å²) in [5.41, 5.74) is 2.05. The van der Waals surface area contributed by atoms with Gasteiger partial charge in [0.1, 0.15) is 10.7 Å². The van der Waals surface area contributed by atoms with E-state index in [9.17, 15) is 9.90 Å². The van der Waals surface area contributed by atoms with Gasteiger partial charge in [-0.25, -0.2) is 0 Å². The van der Waals surface area contributed by atoms with Crippen LogP contribution in [0.25, 0.3) is 10.8 Å². The zero-order valence-corrected chi connectivity index (χ0v) is 13.4. The molecule has 1 amide bonds. The quantitative estimate of drug-likeness (QED) is 0.702. The molecule has 3 aromatic rings. The van der Waals surface area contributed by atoms with Crippen molar-refractivity contribution in [1.29, 1.82) is 0 Å². The molecule has 0 radical (unpaired) electrons. The van der Waals surface area contributed by atoms with Gasteiger partial charge in [-0.15, -0.1) is 0 Å². The van der Waals surface area contributed by atoms with Crippen LogP contribution in [0, 0.1) is 6.92 Å². The van der Waals surface area contributed by atoms with E-state index in [4.69, 9.17) is 12.2 Å². The van der Waals surface area contributed by atoms with Crippen molar-refractivity contribution in [2.45, 2.75) is 6.92 Å². The minimum atomic E-state index is -0.289. The molecule has 0 aliphatic rings. The minimum Gasteiger partial charge on any atom is -0.507 e. The molecule has 23 heavy (non-hydrogen) atoms. The number of rotatable bonds is 2. The Hall–Kier alpha value is -2.72. The molecule has 0 heterocycles. The lowest BCUT2D eigenvalue weighted by Crippen LogP contribution is -2.29. The highest BCUT2D eigenvalue weighted by Gasteiger charge is 2.13. The van der Waals surface area contributed by atoms with E-state index in [2.05, 4.69) is 5.32 Å². The summed E-state index contributed by atoms with van der Waals surface area (Å²) in [6, 6.07) is 18.3. The van der Waals surface area contributed by atoms with Gasteiger partial charge in [-0.05, 0) is 42.0 Å². The van der Waals surface area contributed by atoms with E-state index in [0.29, 0.717) is 11.1 Å². The Balaban J connectivity index is 1.87. The zero-order valence-electron chi connectivity index (χ0n) is 12.5. The molecule has 4 heteroatoms. The summed E-state index contributed by atoms with van der Waals surface area (Å²) in [4.78, 5) is 12.4. The van der Waals surface area contributed by atoms with Crippen LogP contribution in [-0.4, -0.2) is 16.0 Å². The van der Waals surface area contributed by atoms with Crippen LogP contribution in [0.4, 0.5) is 0 Å². The molecule has 2 N–H and O–H groups in total. The van der Waals surface area contributed by atoms with Gasteiger partial charge in [-0.1, -0.05) is 54.2 Å². The predicted octanol–water partition coefficient (Wildman–Crippen LogP) is 3.96. The SMILES string of the molecule is Cc1ccc(C(=O)NC(=S)c2cc3ccccc3cc2O)cc1. The monoisotopic (exact) mass is 321 g/mol. The maximum atomic E-state index is 12.2. The first-order chi connectivity index (χ1) is 11.0. The molecule has 0 saturated heterocycles. The number of thiocarbonyl (C=S) groups is 1. The number of fused-ring (bicyclic) bond motifs is 1. The number of phenolic OH excluding ortho intramolecular Hbond substituents is 1. The molecule has 0 spiro atoms. The van der Waals surface area contributed by atoms with E-state index in [-0.39, 0.29) is 16.6 Å². The minimum absolute atomic E-state index is 0.0536. The van der Waals surface area contributed by atoms with Crippen LogP contribution in [0.3, 0.4) is 0 Å². The largest absolute Gasteiger partial charge is 0.507 e. The lowest BCUT2D eigenvalue weighted by molar-refractivity contribution is 0.0978. The number of amides is 1. The number of aryl methyl sites for hydroxylation is 1. The molecule has 0 aliphatic heterocycles. The number of benzene rings is 3. The second-order valence-electron chi connectivity index (χ2n) is 5.37. The first-order valence-corrected chi connectivity index (χ1v) is 7.59. The number of aromatic hydroxyl groups is 1. The molecule has 0 saturated carbocycles. The number of hydrogen-bond acceptors (Lipinski definition) is 3. The predicted molar refractivity (Wildman–Crippen MR) is 96.0 cm³/mol. The van der Waals surface area contributed by atoms with Crippen LogP contribution in [0.2, 0.25) is 0 Å². The van der Waals surface area contributed by atoms with Crippen LogP contribution in [-0.2, 0) is 0 Å². The van der Waals surface area contributed by atoms with Gasteiger partial charge in [-0.2, -0.15) is 0 Å². The third-order valence-corrected chi connectivity index (χ3v) is 3.97. The molecule has 0 aromatic heterocycles. The molecule has 0 aliphatic carbocycles. The summed E-state index contributed by atoms with van der Waals surface area (Å²) in [6.07, 6.45) is 0. The Labute approximate surface area is 139 Å². The van der Waals surface area contributed by atoms with Crippen LogP contribution in [0.5, 0.6) is 5.75 Å². The van der Waals surface area contributed by atoms with Crippen molar-refractivity contribution in [2.75, 3.05) is 0 Å². The van der Waals surface area contributed by atoms with Crippen molar-refractivity contribution >= 4 is 33.9 Å². The Bertz CT molecular complexity index is 901. The smallest absolute Gasteiger partial charge is 0.256 e. The number of phenols is 1. The first-order valence-electron chi connectivity index (χ1n) is 7.19. The molecule has 0 fully saturated rings. The molecular weight excluding hydrogens is 306 g/mol. The van der Waals surface area contributed by atoms with Gasteiger partial charge in [0.25, 0.3) is 5.91 Å². The number of nitrogens with one attached hydrogen (secondary N) is 1. The fraction of sp³-hybridized carbons (Fsp3) is 0.0526. The number of carbonyl (C=O) groups excluding carboxylic acids is 1. The maximum Gasteiger partial charge on any atom is 0.256 e. The summed E-state index contributed by atoms with van der Waals surface area (Å²) >= 11 is 5.28. The number of carbonyl (C=O) groups is 1. The lowest BCUT2D eigenvalue weighted by atomic mass is 10.1. The normalized spacial score (nSPS) is 10.5. The van der Waals surface area contributed by atoms with Gasteiger partial charge in [0.2, 0.25) is 0 Å². The molecular formula is C19H15NO2S. The highest BCUT2D eigenvalue weighted by atomic mass is 32.1. The van der Waals surface area contributed by atoms with Gasteiger partial charge < -0.3 is 10.4 Å². The van der Waals surface area contributed by atoms with Gasteiger partial charge in [-0.3, -0.25) is 4.79 Å². The van der Waals surface area contributed by atoms with Crippen LogP contribution >= 0.6 is 12.2 Å². The molecule has 3 nitrogen and oxygen atoms in total. The fourth-order valence-corrected chi connectivity index (χ4v) is 2.61. The summed E-state index contributed by atoms with van der Waals surface area (Å²) in [6.45, 7) is 1.96. The van der Waals surface area contributed by atoms with Crippen molar-refractivity contribution in [1.82, 2.24) is 5.32 Å². The molecule has 114 valence electrons. The summed E-state index contributed by atoms with van der Waals surface area (Å²) in [5.74, 6) is -0.236. The van der Waals surface area contributed by atoms with Crippen molar-refractivity contribution in [3.8, 4) is 5.75 Å². The maximum absolute atomic E-state index is 12.2. The van der Waals surface area contributed by atoms with E-state index in [1.807, 2.05) is 43.3 Å². The summed E-state index contributed by atoms with van der Waals surface area (Å²) < 4.78 is 0. The molecule has 3 aromatic carbocycles. The summed E-state index contributed by atoms with van der Waals surface area (Å²) in [5, 5.41) is 14.7. The highest BCUT2D eigenvalue weighted by molar-refractivity contribution is 7.80. The molecule has 0 bridgehead atoms. The van der Waals surface area contributed by atoms with E-state index in [1.54, 1.807) is 24.3 Å². The first kappa shape index (κ1) is 15.2. The second kappa shape index (κ2) is 6.18. The summed E-state index contributed by atoms with van der Waals surface area (Å²) in [7, 11) is 0. The van der Waals surface area contributed by atoms with E-state index >= 15 is 0 Å². The third-order valence-electron chi connectivity index (χ3n) is 3.65. The van der Waals surface area contributed by atoms with Gasteiger partial charge in [0.15, 0.2) is 0 Å². The molecule has 3 rings (SSSR count). The van der Waals surface area contributed by atoms with Crippen molar-refractivity contribution in [2.24, 2.45) is 0 Å². The Kier molecular flexibility index (Phi) is 4.08. The second-order valence-corrected chi connectivity index (χ2v) is 5.77. The van der Waals surface area contributed by atoms with Gasteiger partial charge in [0, 0.05) is 5.56 Å². The third kappa shape index (κ3) is 3.22. The van der Waals surface area contributed by atoms with Gasteiger partial charge >= 0.3 is 0 Å². The van der Waals surface area contributed by atoms with Crippen molar-refractivity contribution in [3.63, 3.8) is 0 Å². The van der Waals surface area contributed by atoms with E-state index in [1.165, 1.54) is 0 Å². The van der Waals surface area contributed by atoms with Crippen LogP contribution in [0.15, 0.2) is 60.7 Å². The zero-order chi connectivity index (χ0) is 16.4. The Morgan fingerprint density at radius 2 is 1.61 bits per heavy atom. The lowest BCUT2D eigenvalue weighted by Gasteiger charge is -2.10. The Morgan fingerprint density at radius 3 is 2.26 bits per heavy atom. The number of hydrogen-bond donors (Lipinski definition) is 2. The van der Waals surface area contributed by atoms with E-state index < -0.39 is 0 Å². The standard InChI is InChI=1S/C19H15NO2S/c1-12-6-8-13(9-7-12)18(22)20-19(23)16-10-14-4-2-3-5-15(14)11-17(16)21/h2-11,21H,1H3,(H,20,22,23). The Morgan fingerprint density at radius 1 is 1.00 bits per heavy atom. The topological polar surface area (TPSA) is 49.3 Å². The molecule has 0 unspecified atom stereocenters. The molecule has 0 atom stereocenters. The van der Waals surface area contributed by atoms with Crippen molar-refractivity contribution in [3.05, 3.63) is 77.4 Å². The average Bonchev–Trinajstić information content (AvgIpc) is 2.54. The van der Waals surface area contributed by atoms with Crippen molar-refractivity contribution < 1.29 is 9.90 Å². The van der Waals surface area contributed by atoms with Gasteiger partial charge in [0.05, 0.1) is 5.56 Å². The fourth-order valence-electron chi connectivity index (χ4n) is 2.36. The van der Waals surface area contributed by atoms with Crippen LogP contribution < -0.4 is 5.32 Å². The van der Waals surface area contributed by atoms with Crippen LogP contribution in [0.1, 0.15) is 21.5 Å².